The summed E-state index contributed by atoms with van der Waals surface area (Å²) >= 11 is 0. The highest BCUT2D eigenvalue weighted by Gasteiger charge is 2.31. The number of aryl methyl sites for hydroxylation is 1. The van der Waals surface area contributed by atoms with Crippen LogP contribution in [-0.4, -0.2) is 36.0 Å². The van der Waals surface area contributed by atoms with Crippen LogP contribution in [-0.2, 0) is 20.9 Å². The van der Waals surface area contributed by atoms with Crippen LogP contribution in [0.25, 0.3) is 0 Å². The molecule has 1 aromatic carbocycles. The fourth-order valence-electron chi connectivity index (χ4n) is 3.87. The Morgan fingerprint density at radius 2 is 1.50 bits per heavy atom. The number of nitrogens with zero attached hydrogens (tertiary/aromatic N) is 3. The lowest BCUT2D eigenvalue weighted by Crippen LogP contribution is -2.29. The first-order chi connectivity index (χ1) is 21.4. The van der Waals surface area contributed by atoms with Gasteiger partial charge in [-0.1, -0.05) is 125 Å². The SMILES string of the molecule is C/C=C\C(=C/C)CN(Cc1ccccc1)c1ncnc(C)c1NC=O.CC.CC.CC.CC.CC.COC(=O)C1CC(C)C1. The maximum Gasteiger partial charge on any atom is 0.308 e. The highest BCUT2D eigenvalue weighted by molar-refractivity contribution is 5.80. The Hall–Kier alpha value is -3.48. The summed E-state index contributed by atoms with van der Waals surface area (Å²) in [6.45, 7) is 29.4. The summed E-state index contributed by atoms with van der Waals surface area (Å²) < 4.78 is 4.56. The third-order valence-electron chi connectivity index (χ3n) is 5.77. The molecule has 0 unspecified atom stereocenters. The molecule has 1 fully saturated rings. The second kappa shape index (κ2) is 34.0. The van der Waals surface area contributed by atoms with Crippen molar-refractivity contribution in [1.29, 1.82) is 0 Å². The Balaban J connectivity index is -0.000000349. The standard InChI is InChI=1S/C20H24N4O.C7H12O2.5C2H6/c1-4-9-17(5-2)12-24(13-18-10-7-6-8-11-18)20-19(23-15-25)16(3)21-14-22-20;1-5-3-6(4-5)7(8)9-2;5*1-2/h4-11,14-15H,12-13H2,1-3H3,(H,23,25);5-6H,3-4H2,1-2H3;5*1-2H3/b9-4-,17-5+;;;;;;. The van der Waals surface area contributed by atoms with E-state index in [0.717, 1.165) is 24.5 Å². The van der Waals surface area contributed by atoms with Gasteiger partial charge in [0.2, 0.25) is 6.41 Å². The first-order valence-corrected chi connectivity index (χ1v) is 16.6. The third kappa shape index (κ3) is 19.7. The number of ether oxygens (including phenoxy) is 1. The van der Waals surface area contributed by atoms with E-state index in [2.05, 4.69) is 56.1 Å². The van der Waals surface area contributed by atoms with Crippen LogP contribution in [0.2, 0.25) is 0 Å². The number of esters is 1. The fraction of sp³-hybridized carbons (Fsp3) is 0.568. The van der Waals surface area contributed by atoms with Crippen LogP contribution in [0.1, 0.15) is 114 Å². The predicted octanol–water partition coefficient (Wildman–Crippen LogP) is 10.2. The van der Waals surface area contributed by atoms with Crippen molar-refractivity contribution in [1.82, 2.24) is 9.97 Å². The molecule has 1 amide bonds. The van der Waals surface area contributed by atoms with Gasteiger partial charge in [0.25, 0.3) is 0 Å². The minimum absolute atomic E-state index is 0.0342. The van der Waals surface area contributed by atoms with Crippen molar-refractivity contribution in [2.75, 3.05) is 23.9 Å². The number of allylic oxidation sites excluding steroid dienone is 2. The zero-order valence-electron chi connectivity index (χ0n) is 30.8. The van der Waals surface area contributed by atoms with Gasteiger partial charge in [-0.05, 0) is 50.7 Å². The minimum Gasteiger partial charge on any atom is -0.469 e. The van der Waals surface area contributed by atoms with E-state index in [1.807, 2.05) is 114 Å². The number of carbonyl (C=O) groups excluding carboxylic acids is 2. The van der Waals surface area contributed by atoms with Gasteiger partial charge in [-0.2, -0.15) is 0 Å². The van der Waals surface area contributed by atoms with Crippen molar-refractivity contribution in [3.05, 3.63) is 71.7 Å². The molecule has 1 aliphatic rings. The van der Waals surface area contributed by atoms with Gasteiger partial charge in [-0.25, -0.2) is 9.97 Å². The van der Waals surface area contributed by atoms with Crippen LogP contribution in [0.3, 0.4) is 0 Å². The molecule has 0 atom stereocenters. The average Bonchev–Trinajstić information content (AvgIpc) is 3.08. The van der Waals surface area contributed by atoms with Crippen molar-refractivity contribution in [2.24, 2.45) is 11.8 Å². The van der Waals surface area contributed by atoms with Crippen molar-refractivity contribution >= 4 is 23.9 Å². The van der Waals surface area contributed by atoms with Crippen LogP contribution in [0.5, 0.6) is 0 Å². The van der Waals surface area contributed by atoms with E-state index in [4.69, 9.17) is 0 Å². The van der Waals surface area contributed by atoms with Crippen LogP contribution in [0.15, 0.2) is 60.5 Å². The molecule has 0 bridgehead atoms. The smallest absolute Gasteiger partial charge is 0.308 e. The summed E-state index contributed by atoms with van der Waals surface area (Å²) in [6.07, 6.45) is 10.4. The molecule has 1 saturated carbocycles. The molecule has 1 N–H and O–H groups in total. The Kier molecular flexibility index (Phi) is 36.7. The van der Waals surface area contributed by atoms with Crippen molar-refractivity contribution in [3.63, 3.8) is 0 Å². The molecule has 0 radical (unpaired) electrons. The summed E-state index contributed by atoms with van der Waals surface area (Å²) in [4.78, 5) is 32.5. The molecule has 0 saturated heterocycles. The average molecular weight is 615 g/mol. The topological polar surface area (TPSA) is 84.4 Å². The molecule has 44 heavy (non-hydrogen) atoms. The summed E-state index contributed by atoms with van der Waals surface area (Å²) in [5.41, 5.74) is 3.73. The number of benzene rings is 1. The lowest BCUT2D eigenvalue weighted by atomic mass is 9.76. The summed E-state index contributed by atoms with van der Waals surface area (Å²) in [5.74, 6) is 1.62. The Morgan fingerprint density at radius 1 is 0.955 bits per heavy atom. The monoisotopic (exact) mass is 615 g/mol. The zero-order chi connectivity index (χ0) is 34.9. The van der Waals surface area contributed by atoms with E-state index in [1.165, 1.54) is 24.6 Å². The molecule has 2 aromatic rings. The molecule has 0 aliphatic heterocycles. The first-order valence-electron chi connectivity index (χ1n) is 16.6. The number of nitrogens with one attached hydrogen (secondary N) is 1. The molecule has 7 heteroatoms. The summed E-state index contributed by atoms with van der Waals surface area (Å²) in [7, 11) is 1.45. The van der Waals surface area contributed by atoms with E-state index in [9.17, 15) is 9.59 Å². The normalized spacial score (nSPS) is 14.0. The van der Waals surface area contributed by atoms with E-state index in [-0.39, 0.29) is 11.9 Å². The van der Waals surface area contributed by atoms with Crippen molar-refractivity contribution in [3.8, 4) is 0 Å². The van der Waals surface area contributed by atoms with Crippen LogP contribution < -0.4 is 10.2 Å². The van der Waals surface area contributed by atoms with E-state index in [1.54, 1.807) is 0 Å². The molecule has 1 heterocycles. The van der Waals surface area contributed by atoms with Crippen LogP contribution in [0, 0.1) is 18.8 Å². The van der Waals surface area contributed by atoms with E-state index in [0.29, 0.717) is 31.0 Å². The van der Waals surface area contributed by atoms with Crippen molar-refractivity contribution < 1.29 is 14.3 Å². The van der Waals surface area contributed by atoms with Gasteiger partial charge in [0, 0.05) is 13.1 Å². The molecule has 1 aliphatic carbocycles. The summed E-state index contributed by atoms with van der Waals surface area (Å²) in [6, 6.07) is 10.2. The number of methoxy groups -OCH3 is 1. The lowest BCUT2D eigenvalue weighted by Gasteiger charge is -2.29. The zero-order valence-corrected chi connectivity index (χ0v) is 30.8. The van der Waals surface area contributed by atoms with E-state index >= 15 is 0 Å². The first kappa shape index (κ1) is 47.5. The van der Waals surface area contributed by atoms with Crippen LogP contribution >= 0.6 is 0 Å². The van der Waals surface area contributed by atoms with Gasteiger partial charge in [0.1, 0.15) is 12.0 Å². The van der Waals surface area contributed by atoms with Gasteiger partial charge >= 0.3 is 5.97 Å². The van der Waals surface area contributed by atoms with Gasteiger partial charge in [0.15, 0.2) is 5.82 Å². The minimum atomic E-state index is -0.0342. The highest BCUT2D eigenvalue weighted by atomic mass is 16.5. The highest BCUT2D eigenvalue weighted by Crippen LogP contribution is 2.33. The van der Waals surface area contributed by atoms with Gasteiger partial charge in [-0.15, -0.1) is 0 Å². The second-order valence-electron chi connectivity index (χ2n) is 8.42. The van der Waals surface area contributed by atoms with Crippen molar-refractivity contribution in [2.45, 2.75) is 116 Å². The van der Waals surface area contributed by atoms with Gasteiger partial charge in [-0.3, -0.25) is 9.59 Å². The molecular formula is C37H66N4O3. The Morgan fingerprint density at radius 3 is 1.93 bits per heavy atom. The molecule has 0 spiro atoms. The van der Waals surface area contributed by atoms with Crippen LogP contribution in [0.4, 0.5) is 11.5 Å². The quantitative estimate of drug-likeness (QED) is 0.172. The molecular weight excluding hydrogens is 548 g/mol. The maximum atomic E-state index is 11.0. The number of carbonyl (C=O) groups is 2. The predicted molar refractivity (Wildman–Crippen MR) is 193 cm³/mol. The second-order valence-corrected chi connectivity index (χ2v) is 8.42. The number of amides is 1. The van der Waals surface area contributed by atoms with Gasteiger partial charge < -0.3 is 15.0 Å². The maximum absolute atomic E-state index is 11.0. The van der Waals surface area contributed by atoms with Gasteiger partial charge in [0.05, 0.1) is 18.7 Å². The number of anilines is 2. The lowest BCUT2D eigenvalue weighted by molar-refractivity contribution is -0.149. The molecule has 3 rings (SSSR count). The molecule has 252 valence electrons. The van der Waals surface area contributed by atoms with E-state index < -0.39 is 0 Å². The molecule has 1 aromatic heterocycles. The number of hydrogen-bond acceptors (Lipinski definition) is 6. The fourth-order valence-corrected chi connectivity index (χ4v) is 3.87. The number of aromatic nitrogens is 2. The largest absolute Gasteiger partial charge is 0.469 e. The number of hydrogen-bond donors (Lipinski definition) is 1. The Bertz CT molecular complexity index is 985. The number of rotatable bonds is 9. The summed E-state index contributed by atoms with van der Waals surface area (Å²) in [5, 5.41) is 2.75. The molecule has 7 nitrogen and oxygen atoms in total. The Labute approximate surface area is 271 Å². The third-order valence-corrected chi connectivity index (χ3v) is 5.77.